The van der Waals surface area contributed by atoms with E-state index in [4.69, 9.17) is 20.5 Å². The van der Waals surface area contributed by atoms with Crippen molar-refractivity contribution in [3.8, 4) is 23.0 Å². The lowest BCUT2D eigenvalue weighted by molar-refractivity contribution is 0.430. The minimum atomic E-state index is 0.307. The summed E-state index contributed by atoms with van der Waals surface area (Å²) in [5.74, 6) is 1.28. The number of benzene rings is 1. The summed E-state index contributed by atoms with van der Waals surface area (Å²) in [4.78, 5) is 8.35. The van der Waals surface area contributed by atoms with Crippen molar-refractivity contribution in [1.29, 1.82) is 0 Å². The average Bonchev–Trinajstić information content (AvgIpc) is 2.98. The molecule has 0 fully saturated rings. The van der Waals surface area contributed by atoms with E-state index in [0.29, 0.717) is 28.3 Å². The van der Waals surface area contributed by atoms with Gasteiger partial charge in [-0.15, -0.1) is 0 Å². The second kappa shape index (κ2) is 4.27. The van der Waals surface area contributed by atoms with Crippen molar-refractivity contribution in [1.82, 2.24) is 15.1 Å². The first-order chi connectivity index (χ1) is 8.74. The molecule has 3 rings (SSSR count). The third kappa shape index (κ3) is 1.89. The molecule has 0 atom stereocenters. The normalized spacial score (nSPS) is 10.8. The predicted octanol–water partition coefficient (Wildman–Crippen LogP) is 3.35. The molecule has 5 nitrogen and oxygen atoms in total. The van der Waals surface area contributed by atoms with Crippen molar-refractivity contribution in [3.05, 3.63) is 41.4 Å². The van der Waals surface area contributed by atoms with Gasteiger partial charge in [-0.2, -0.15) is 4.98 Å². The lowest BCUT2D eigenvalue weighted by Crippen LogP contribution is -1.82. The molecule has 1 aromatic carbocycles. The Balaban J connectivity index is 2.02. The Labute approximate surface area is 107 Å². The van der Waals surface area contributed by atoms with Gasteiger partial charge < -0.3 is 8.94 Å². The lowest BCUT2D eigenvalue weighted by Gasteiger charge is -1.95. The molecule has 2 aromatic heterocycles. The highest BCUT2D eigenvalue weighted by Gasteiger charge is 2.15. The first kappa shape index (κ1) is 11.0. The highest BCUT2D eigenvalue weighted by atomic mass is 35.5. The minimum Gasteiger partial charge on any atom is -0.448 e. The molecule has 90 valence electrons. The van der Waals surface area contributed by atoms with Gasteiger partial charge in [0.1, 0.15) is 6.26 Å². The van der Waals surface area contributed by atoms with E-state index in [1.54, 1.807) is 13.0 Å². The van der Waals surface area contributed by atoms with Crippen molar-refractivity contribution in [2.75, 3.05) is 0 Å². The zero-order valence-electron chi connectivity index (χ0n) is 9.42. The highest BCUT2D eigenvalue weighted by molar-refractivity contribution is 6.33. The zero-order chi connectivity index (χ0) is 12.5. The van der Waals surface area contributed by atoms with Crippen molar-refractivity contribution >= 4 is 11.6 Å². The van der Waals surface area contributed by atoms with E-state index in [1.165, 1.54) is 6.26 Å². The van der Waals surface area contributed by atoms with Crippen LogP contribution in [0.4, 0.5) is 0 Å². The summed E-state index contributed by atoms with van der Waals surface area (Å²) in [6, 6.07) is 7.30. The number of hydrogen-bond donors (Lipinski definition) is 0. The van der Waals surface area contributed by atoms with Crippen molar-refractivity contribution in [2.45, 2.75) is 6.92 Å². The van der Waals surface area contributed by atoms with Crippen LogP contribution in [0, 0.1) is 6.92 Å². The smallest absolute Gasteiger partial charge is 0.280 e. The molecule has 0 aliphatic carbocycles. The van der Waals surface area contributed by atoms with E-state index < -0.39 is 0 Å². The van der Waals surface area contributed by atoms with Gasteiger partial charge in [-0.1, -0.05) is 28.9 Å². The van der Waals surface area contributed by atoms with Crippen LogP contribution in [0.3, 0.4) is 0 Å². The molecular weight excluding hydrogens is 254 g/mol. The summed E-state index contributed by atoms with van der Waals surface area (Å²) < 4.78 is 10.2. The molecule has 18 heavy (non-hydrogen) atoms. The van der Waals surface area contributed by atoms with Gasteiger partial charge in [0.15, 0.2) is 11.6 Å². The Morgan fingerprint density at radius 3 is 2.72 bits per heavy atom. The first-order valence-corrected chi connectivity index (χ1v) is 5.63. The van der Waals surface area contributed by atoms with E-state index in [0.717, 1.165) is 5.56 Å². The fourth-order valence-electron chi connectivity index (χ4n) is 1.54. The second-order valence-electron chi connectivity index (χ2n) is 3.65. The van der Waals surface area contributed by atoms with E-state index in [1.807, 2.05) is 18.2 Å². The van der Waals surface area contributed by atoms with Crippen LogP contribution in [0.25, 0.3) is 23.0 Å². The Morgan fingerprint density at radius 1 is 1.17 bits per heavy atom. The average molecular weight is 262 g/mol. The van der Waals surface area contributed by atoms with Crippen LogP contribution < -0.4 is 0 Å². The van der Waals surface area contributed by atoms with E-state index in [2.05, 4.69) is 15.1 Å². The SMILES string of the molecule is Cc1nc(-c2nc(-c3ccccc3Cl)no2)co1. The second-order valence-corrected chi connectivity index (χ2v) is 4.06. The van der Waals surface area contributed by atoms with Gasteiger partial charge >= 0.3 is 0 Å². The van der Waals surface area contributed by atoms with Crippen molar-refractivity contribution in [2.24, 2.45) is 0 Å². The summed E-state index contributed by atoms with van der Waals surface area (Å²) >= 11 is 6.06. The quantitative estimate of drug-likeness (QED) is 0.708. The topological polar surface area (TPSA) is 65.0 Å². The number of nitrogens with zero attached hydrogens (tertiary/aromatic N) is 3. The number of aromatic nitrogens is 3. The van der Waals surface area contributed by atoms with Gasteiger partial charge in [0.2, 0.25) is 5.82 Å². The molecule has 0 amide bonds. The number of aryl methyl sites for hydroxylation is 1. The maximum absolute atomic E-state index is 6.06. The van der Waals surface area contributed by atoms with Gasteiger partial charge in [-0.25, -0.2) is 4.98 Å². The number of hydrogen-bond acceptors (Lipinski definition) is 5. The number of halogens is 1. The fourth-order valence-corrected chi connectivity index (χ4v) is 1.76. The minimum absolute atomic E-state index is 0.307. The van der Waals surface area contributed by atoms with Gasteiger partial charge in [0, 0.05) is 12.5 Å². The van der Waals surface area contributed by atoms with Gasteiger partial charge in [-0.3, -0.25) is 0 Å². The summed E-state index contributed by atoms with van der Waals surface area (Å²) in [6.07, 6.45) is 1.47. The summed E-state index contributed by atoms with van der Waals surface area (Å²) in [6.45, 7) is 1.74. The monoisotopic (exact) mass is 261 g/mol. The van der Waals surface area contributed by atoms with Crippen LogP contribution >= 0.6 is 11.6 Å². The van der Waals surface area contributed by atoms with Gasteiger partial charge in [-0.05, 0) is 12.1 Å². The molecular formula is C12H8ClN3O2. The highest BCUT2D eigenvalue weighted by Crippen LogP contribution is 2.27. The zero-order valence-corrected chi connectivity index (χ0v) is 10.2. The molecule has 0 unspecified atom stereocenters. The summed E-state index contributed by atoms with van der Waals surface area (Å²) in [7, 11) is 0. The third-order valence-electron chi connectivity index (χ3n) is 2.38. The number of oxazole rings is 1. The molecule has 0 bridgehead atoms. The largest absolute Gasteiger partial charge is 0.448 e. The van der Waals surface area contributed by atoms with Crippen molar-refractivity contribution < 1.29 is 8.94 Å². The Hall–Kier alpha value is -2.14. The Morgan fingerprint density at radius 2 is 2.00 bits per heavy atom. The molecule has 0 saturated carbocycles. The fraction of sp³-hybridized carbons (Fsp3) is 0.0833. The van der Waals surface area contributed by atoms with Gasteiger partial charge in [0.25, 0.3) is 5.89 Å². The van der Waals surface area contributed by atoms with Crippen LogP contribution in [0.2, 0.25) is 5.02 Å². The van der Waals surface area contributed by atoms with Crippen LogP contribution in [0.5, 0.6) is 0 Å². The predicted molar refractivity (Wildman–Crippen MR) is 65.0 cm³/mol. The maximum Gasteiger partial charge on any atom is 0.280 e. The molecule has 0 aliphatic rings. The molecule has 6 heteroatoms. The molecule has 0 saturated heterocycles. The number of rotatable bonds is 2. The van der Waals surface area contributed by atoms with Crippen LogP contribution in [0.1, 0.15) is 5.89 Å². The van der Waals surface area contributed by atoms with E-state index in [-0.39, 0.29) is 0 Å². The van der Waals surface area contributed by atoms with Crippen molar-refractivity contribution in [3.63, 3.8) is 0 Å². The lowest BCUT2D eigenvalue weighted by atomic mass is 10.2. The van der Waals surface area contributed by atoms with E-state index in [9.17, 15) is 0 Å². The maximum atomic E-state index is 6.06. The Bertz CT molecular complexity index is 690. The van der Waals surface area contributed by atoms with E-state index >= 15 is 0 Å². The van der Waals surface area contributed by atoms with Crippen LogP contribution in [0.15, 0.2) is 39.5 Å². The Kier molecular flexibility index (Phi) is 2.60. The molecule has 0 radical (unpaired) electrons. The van der Waals surface area contributed by atoms with Gasteiger partial charge in [0.05, 0.1) is 5.02 Å². The van der Waals surface area contributed by atoms with Crippen LogP contribution in [-0.4, -0.2) is 15.1 Å². The molecule has 0 N–H and O–H groups in total. The molecule has 0 spiro atoms. The summed E-state index contributed by atoms with van der Waals surface area (Å²) in [5, 5.41) is 4.45. The summed E-state index contributed by atoms with van der Waals surface area (Å²) in [5.41, 5.74) is 1.23. The van der Waals surface area contributed by atoms with Crippen LogP contribution in [-0.2, 0) is 0 Å². The molecule has 2 heterocycles. The third-order valence-corrected chi connectivity index (χ3v) is 2.71. The first-order valence-electron chi connectivity index (χ1n) is 5.25. The molecule has 0 aliphatic heterocycles. The molecule has 3 aromatic rings. The standard InChI is InChI=1S/C12H8ClN3O2/c1-7-14-10(6-17-7)12-15-11(16-18-12)8-4-2-3-5-9(8)13/h2-6H,1H3.